The molecule has 0 aliphatic carbocycles. The van der Waals surface area contributed by atoms with Crippen molar-refractivity contribution in [1.82, 2.24) is 4.90 Å². The second kappa shape index (κ2) is 7.49. The van der Waals surface area contributed by atoms with E-state index in [1.165, 1.54) is 23.3 Å². The number of hydrogen-bond acceptors (Lipinski definition) is 3. The summed E-state index contributed by atoms with van der Waals surface area (Å²) in [5.74, 6) is 0.295. The van der Waals surface area contributed by atoms with Crippen molar-refractivity contribution in [2.75, 3.05) is 14.1 Å². The normalized spacial score (nSPS) is 12.3. The zero-order chi connectivity index (χ0) is 17.8. The Labute approximate surface area is 148 Å². The highest BCUT2D eigenvalue weighted by Gasteiger charge is 2.16. The molecule has 0 saturated carbocycles. The summed E-state index contributed by atoms with van der Waals surface area (Å²) >= 11 is 0. The second-order valence-electron chi connectivity index (χ2n) is 6.53. The summed E-state index contributed by atoms with van der Waals surface area (Å²) in [7, 11) is 4.15. The van der Waals surface area contributed by atoms with Crippen molar-refractivity contribution >= 4 is 16.7 Å². The molecule has 0 bridgehead atoms. The summed E-state index contributed by atoms with van der Waals surface area (Å²) < 4.78 is 5.24. The van der Waals surface area contributed by atoms with Crippen LogP contribution in [0.5, 0.6) is 5.75 Å². The van der Waals surface area contributed by atoms with Gasteiger partial charge in [0, 0.05) is 13.0 Å². The van der Waals surface area contributed by atoms with E-state index < -0.39 is 0 Å². The molecular formula is C22H23NO2. The minimum atomic E-state index is -0.298. The summed E-state index contributed by atoms with van der Waals surface area (Å²) in [6.45, 7) is 1.42. The average molecular weight is 333 g/mol. The first-order valence-corrected chi connectivity index (χ1v) is 8.45. The molecule has 3 heteroatoms. The van der Waals surface area contributed by atoms with Gasteiger partial charge in [0.25, 0.3) is 0 Å². The minimum absolute atomic E-state index is 0.205. The lowest BCUT2D eigenvalue weighted by Gasteiger charge is -2.25. The Morgan fingerprint density at radius 3 is 2.44 bits per heavy atom. The van der Waals surface area contributed by atoms with E-state index in [1.54, 1.807) is 0 Å². The highest BCUT2D eigenvalue weighted by Crippen LogP contribution is 2.27. The number of esters is 1. The van der Waals surface area contributed by atoms with Crippen molar-refractivity contribution in [1.29, 1.82) is 0 Å². The van der Waals surface area contributed by atoms with Crippen LogP contribution in [0.4, 0.5) is 0 Å². The van der Waals surface area contributed by atoms with E-state index in [2.05, 4.69) is 67.5 Å². The maximum Gasteiger partial charge on any atom is 0.308 e. The topological polar surface area (TPSA) is 29.5 Å². The molecule has 0 aliphatic rings. The van der Waals surface area contributed by atoms with Crippen LogP contribution in [0.3, 0.4) is 0 Å². The van der Waals surface area contributed by atoms with E-state index in [0.717, 1.165) is 12.0 Å². The van der Waals surface area contributed by atoms with E-state index in [9.17, 15) is 4.79 Å². The molecule has 1 atom stereocenters. The monoisotopic (exact) mass is 333 g/mol. The third-order valence-electron chi connectivity index (χ3n) is 4.37. The first kappa shape index (κ1) is 17.2. The molecular weight excluding hydrogens is 310 g/mol. The van der Waals surface area contributed by atoms with Gasteiger partial charge in [-0.15, -0.1) is 0 Å². The lowest BCUT2D eigenvalue weighted by molar-refractivity contribution is -0.131. The zero-order valence-electron chi connectivity index (χ0n) is 14.9. The molecule has 25 heavy (non-hydrogen) atoms. The Kier molecular flexibility index (Phi) is 5.15. The molecule has 3 rings (SSSR count). The van der Waals surface area contributed by atoms with Gasteiger partial charge in [0.1, 0.15) is 5.75 Å². The van der Waals surface area contributed by atoms with Gasteiger partial charge in [-0.3, -0.25) is 4.79 Å². The Hall–Kier alpha value is -2.65. The number of nitrogens with zero attached hydrogens (tertiary/aromatic N) is 1. The first-order valence-electron chi connectivity index (χ1n) is 8.45. The summed E-state index contributed by atoms with van der Waals surface area (Å²) in [6, 6.07) is 23.0. The Bertz CT molecular complexity index is 886. The van der Waals surface area contributed by atoms with Gasteiger partial charge in [0.05, 0.1) is 0 Å². The van der Waals surface area contributed by atoms with Crippen LogP contribution in [0.25, 0.3) is 10.8 Å². The molecule has 3 aromatic rings. The van der Waals surface area contributed by atoms with Crippen molar-refractivity contribution < 1.29 is 9.53 Å². The van der Waals surface area contributed by atoms with Crippen LogP contribution in [0, 0.1) is 0 Å². The summed E-state index contributed by atoms with van der Waals surface area (Å²) in [4.78, 5) is 13.4. The molecule has 128 valence electrons. The smallest absolute Gasteiger partial charge is 0.308 e. The van der Waals surface area contributed by atoms with Gasteiger partial charge in [-0.2, -0.15) is 0 Å². The molecule has 0 N–H and O–H groups in total. The molecule has 0 saturated heterocycles. The largest absolute Gasteiger partial charge is 0.427 e. The second-order valence-corrected chi connectivity index (χ2v) is 6.53. The van der Waals surface area contributed by atoms with Gasteiger partial charge < -0.3 is 9.64 Å². The maximum atomic E-state index is 11.2. The maximum absolute atomic E-state index is 11.2. The van der Waals surface area contributed by atoms with Crippen molar-refractivity contribution in [3.8, 4) is 5.75 Å². The van der Waals surface area contributed by atoms with Crippen molar-refractivity contribution in [2.45, 2.75) is 19.4 Å². The van der Waals surface area contributed by atoms with Crippen LogP contribution in [-0.4, -0.2) is 25.0 Å². The van der Waals surface area contributed by atoms with E-state index in [1.807, 2.05) is 18.2 Å². The number of hydrogen-bond donors (Lipinski definition) is 0. The number of fused-ring (bicyclic) bond motifs is 1. The predicted molar refractivity (Wildman–Crippen MR) is 102 cm³/mol. The summed E-state index contributed by atoms with van der Waals surface area (Å²) in [6.07, 6.45) is 0.890. The quantitative estimate of drug-likeness (QED) is 0.504. The van der Waals surface area contributed by atoms with Gasteiger partial charge in [-0.05, 0) is 54.5 Å². The number of benzene rings is 3. The molecule has 0 radical (unpaired) electrons. The van der Waals surface area contributed by atoms with E-state index >= 15 is 0 Å². The highest BCUT2D eigenvalue weighted by molar-refractivity contribution is 5.83. The zero-order valence-corrected chi connectivity index (χ0v) is 14.9. The van der Waals surface area contributed by atoms with Gasteiger partial charge in [-0.25, -0.2) is 0 Å². The molecule has 3 aromatic carbocycles. The molecule has 0 unspecified atom stereocenters. The number of carbonyl (C=O) groups is 1. The van der Waals surface area contributed by atoms with Gasteiger partial charge in [-0.1, -0.05) is 54.6 Å². The van der Waals surface area contributed by atoms with Gasteiger partial charge in [0.15, 0.2) is 0 Å². The fraction of sp³-hybridized carbons (Fsp3) is 0.227. The molecule has 0 heterocycles. The molecule has 0 aromatic heterocycles. The SMILES string of the molecule is CC(=O)Oc1cccc([C@H](Cc2ccc3ccccc3c2)N(C)C)c1. The van der Waals surface area contributed by atoms with Crippen molar-refractivity contribution in [2.24, 2.45) is 0 Å². The van der Waals surface area contributed by atoms with E-state index in [0.29, 0.717) is 5.75 Å². The third-order valence-corrected chi connectivity index (χ3v) is 4.37. The third kappa shape index (κ3) is 4.25. The fourth-order valence-electron chi connectivity index (χ4n) is 3.14. The Morgan fingerprint density at radius 2 is 1.72 bits per heavy atom. The van der Waals surface area contributed by atoms with Crippen LogP contribution in [0.2, 0.25) is 0 Å². The van der Waals surface area contributed by atoms with Gasteiger partial charge in [0.2, 0.25) is 0 Å². The number of likely N-dealkylation sites (N-methyl/N-ethyl adjacent to an activating group) is 1. The van der Waals surface area contributed by atoms with Crippen LogP contribution < -0.4 is 4.74 Å². The molecule has 0 aliphatic heterocycles. The standard InChI is InChI=1S/C22H23NO2/c1-16(24)25-21-10-6-9-20(15-21)22(23(2)3)14-17-11-12-18-7-4-5-8-19(18)13-17/h4-13,15,22H,14H2,1-3H3/t22-/m0/s1. The van der Waals surface area contributed by atoms with Crippen molar-refractivity contribution in [3.63, 3.8) is 0 Å². The van der Waals surface area contributed by atoms with E-state index in [-0.39, 0.29) is 12.0 Å². The molecule has 0 spiro atoms. The summed E-state index contributed by atoms with van der Waals surface area (Å²) in [5.41, 5.74) is 2.42. The predicted octanol–water partition coefficient (Wildman–Crippen LogP) is 4.61. The molecule has 0 fully saturated rings. The van der Waals surface area contributed by atoms with Crippen LogP contribution in [-0.2, 0) is 11.2 Å². The number of ether oxygens (including phenoxy) is 1. The lowest BCUT2D eigenvalue weighted by atomic mass is 9.96. The first-order chi connectivity index (χ1) is 12.0. The minimum Gasteiger partial charge on any atom is -0.427 e. The average Bonchev–Trinajstić information content (AvgIpc) is 2.59. The summed E-state index contributed by atoms with van der Waals surface area (Å²) in [5, 5.41) is 2.51. The van der Waals surface area contributed by atoms with E-state index in [4.69, 9.17) is 4.74 Å². The number of rotatable bonds is 5. The fourth-order valence-corrected chi connectivity index (χ4v) is 3.14. The molecule has 3 nitrogen and oxygen atoms in total. The molecule has 0 amide bonds. The lowest BCUT2D eigenvalue weighted by Crippen LogP contribution is -2.22. The Balaban J connectivity index is 1.89. The van der Waals surface area contributed by atoms with Crippen LogP contribution in [0.15, 0.2) is 66.7 Å². The highest BCUT2D eigenvalue weighted by atomic mass is 16.5. The number of carbonyl (C=O) groups excluding carboxylic acids is 1. The van der Waals surface area contributed by atoms with Crippen LogP contribution >= 0.6 is 0 Å². The van der Waals surface area contributed by atoms with Crippen LogP contribution in [0.1, 0.15) is 24.1 Å². The Morgan fingerprint density at radius 1 is 0.960 bits per heavy atom. The van der Waals surface area contributed by atoms with Gasteiger partial charge >= 0.3 is 5.97 Å². The van der Waals surface area contributed by atoms with Crippen molar-refractivity contribution in [3.05, 3.63) is 77.9 Å².